The lowest BCUT2D eigenvalue weighted by molar-refractivity contribution is 0.0549. The topological polar surface area (TPSA) is 78.5 Å². The normalized spacial score (nSPS) is 16.7. The molecule has 2 N–H and O–H groups in total. The van der Waals surface area contributed by atoms with Gasteiger partial charge in [-0.2, -0.15) is 0 Å². The van der Waals surface area contributed by atoms with Gasteiger partial charge >= 0.3 is 6.03 Å². The summed E-state index contributed by atoms with van der Waals surface area (Å²) in [4.78, 5) is 39.2. The van der Waals surface area contributed by atoms with Gasteiger partial charge in [-0.25, -0.2) is 4.79 Å². The van der Waals surface area contributed by atoms with Crippen molar-refractivity contribution in [3.63, 3.8) is 0 Å². The molecule has 1 fully saturated rings. The zero-order valence-electron chi connectivity index (χ0n) is 15.9. The Morgan fingerprint density at radius 2 is 1.76 bits per heavy atom. The van der Waals surface area contributed by atoms with Crippen molar-refractivity contribution >= 4 is 35.1 Å². The smallest absolute Gasteiger partial charge is 0.319 e. The molecule has 4 rings (SSSR count). The van der Waals surface area contributed by atoms with E-state index in [1.165, 1.54) is 4.90 Å². The molecule has 1 aliphatic heterocycles. The number of carbonyl (C=O) groups excluding carboxylic acids is 3. The van der Waals surface area contributed by atoms with E-state index >= 15 is 0 Å². The number of anilines is 1. The third kappa shape index (κ3) is 4.12. The van der Waals surface area contributed by atoms with Crippen LogP contribution in [0.2, 0.25) is 5.02 Å². The molecule has 0 saturated heterocycles. The van der Waals surface area contributed by atoms with Crippen molar-refractivity contribution in [2.45, 2.75) is 44.7 Å². The monoisotopic (exact) mass is 411 g/mol. The molecular formula is C22H22ClN3O3. The third-order valence-corrected chi connectivity index (χ3v) is 5.69. The van der Waals surface area contributed by atoms with Crippen molar-refractivity contribution in [1.82, 2.24) is 10.2 Å². The standard InChI is InChI=1S/C22H22ClN3O3/c23-15-6-4-5-14(11-15)13-24-22(29)25-16-9-10-18-19(12-16)21(28)26(20(18)27)17-7-2-1-3-8-17/h4-6,9-12,17H,1-3,7-8,13H2,(H2,24,25,29). The van der Waals surface area contributed by atoms with E-state index in [1.807, 2.05) is 12.1 Å². The fourth-order valence-corrected chi connectivity index (χ4v) is 4.23. The summed E-state index contributed by atoms with van der Waals surface area (Å²) < 4.78 is 0. The number of rotatable bonds is 4. The number of halogens is 1. The average molecular weight is 412 g/mol. The van der Waals surface area contributed by atoms with Crippen LogP contribution in [-0.4, -0.2) is 28.8 Å². The average Bonchev–Trinajstić information content (AvgIpc) is 2.97. The molecule has 2 aliphatic rings. The predicted octanol–water partition coefficient (Wildman–Crippen LogP) is 4.59. The molecule has 1 heterocycles. The van der Waals surface area contributed by atoms with Gasteiger partial charge in [-0.05, 0) is 48.7 Å². The van der Waals surface area contributed by atoms with Crippen LogP contribution in [-0.2, 0) is 6.54 Å². The van der Waals surface area contributed by atoms with E-state index in [1.54, 1.807) is 30.3 Å². The highest BCUT2D eigenvalue weighted by Gasteiger charge is 2.40. The molecular weight excluding hydrogens is 390 g/mol. The summed E-state index contributed by atoms with van der Waals surface area (Å²) in [6, 6.07) is 11.7. The molecule has 0 bridgehead atoms. The number of fused-ring (bicyclic) bond motifs is 1. The minimum Gasteiger partial charge on any atom is -0.334 e. The first-order chi connectivity index (χ1) is 14.0. The van der Waals surface area contributed by atoms with Crippen LogP contribution >= 0.6 is 11.6 Å². The number of carbonyl (C=O) groups is 3. The van der Waals surface area contributed by atoms with E-state index in [9.17, 15) is 14.4 Å². The van der Waals surface area contributed by atoms with Gasteiger partial charge < -0.3 is 10.6 Å². The van der Waals surface area contributed by atoms with E-state index in [0.717, 1.165) is 37.7 Å². The molecule has 0 spiro atoms. The number of benzene rings is 2. The molecule has 2 aromatic rings. The summed E-state index contributed by atoms with van der Waals surface area (Å²) in [6.07, 6.45) is 4.96. The van der Waals surface area contributed by atoms with Crippen molar-refractivity contribution in [1.29, 1.82) is 0 Å². The van der Waals surface area contributed by atoms with Crippen molar-refractivity contribution in [3.8, 4) is 0 Å². The minimum atomic E-state index is -0.397. The second-order valence-corrected chi connectivity index (χ2v) is 7.91. The van der Waals surface area contributed by atoms with Crippen LogP contribution in [0.1, 0.15) is 58.4 Å². The zero-order valence-corrected chi connectivity index (χ0v) is 16.7. The number of hydrogen-bond acceptors (Lipinski definition) is 3. The van der Waals surface area contributed by atoms with Gasteiger partial charge in [0.2, 0.25) is 0 Å². The molecule has 0 atom stereocenters. The Hall–Kier alpha value is -2.86. The Morgan fingerprint density at radius 1 is 1.00 bits per heavy atom. The SMILES string of the molecule is O=C(NCc1cccc(Cl)c1)Nc1ccc2c(c1)C(=O)N(C1CCCCC1)C2=O. The zero-order chi connectivity index (χ0) is 20.4. The highest BCUT2D eigenvalue weighted by Crippen LogP contribution is 2.32. The first-order valence-electron chi connectivity index (χ1n) is 9.84. The number of urea groups is 1. The molecule has 6 nitrogen and oxygen atoms in total. The molecule has 0 aromatic heterocycles. The maximum atomic E-state index is 12.9. The highest BCUT2D eigenvalue weighted by molar-refractivity contribution is 6.30. The first kappa shape index (κ1) is 19.5. The number of amides is 4. The van der Waals surface area contributed by atoms with Gasteiger partial charge in [0.05, 0.1) is 11.1 Å². The minimum absolute atomic E-state index is 0.0199. The van der Waals surface area contributed by atoms with E-state index in [2.05, 4.69) is 10.6 Å². The second-order valence-electron chi connectivity index (χ2n) is 7.47. The Bertz CT molecular complexity index is 970. The van der Waals surface area contributed by atoms with Gasteiger partial charge in [0, 0.05) is 23.3 Å². The fourth-order valence-electron chi connectivity index (χ4n) is 4.01. The van der Waals surface area contributed by atoms with Crippen LogP contribution in [0.15, 0.2) is 42.5 Å². The number of imide groups is 1. The van der Waals surface area contributed by atoms with E-state index < -0.39 is 6.03 Å². The van der Waals surface area contributed by atoms with Crippen molar-refractivity contribution in [2.24, 2.45) is 0 Å². The molecule has 0 radical (unpaired) electrons. The number of nitrogens with zero attached hydrogens (tertiary/aromatic N) is 1. The summed E-state index contributed by atoms with van der Waals surface area (Å²) in [5, 5.41) is 6.08. The Balaban J connectivity index is 1.42. The lowest BCUT2D eigenvalue weighted by Crippen LogP contribution is -2.40. The van der Waals surface area contributed by atoms with E-state index in [0.29, 0.717) is 28.4 Å². The van der Waals surface area contributed by atoms with Gasteiger partial charge in [-0.1, -0.05) is 43.0 Å². The number of hydrogen-bond donors (Lipinski definition) is 2. The molecule has 2 aromatic carbocycles. The Morgan fingerprint density at radius 3 is 2.52 bits per heavy atom. The third-order valence-electron chi connectivity index (χ3n) is 5.46. The van der Waals surface area contributed by atoms with Gasteiger partial charge in [0.25, 0.3) is 11.8 Å². The maximum absolute atomic E-state index is 12.9. The Labute approximate surface area is 174 Å². The summed E-state index contributed by atoms with van der Waals surface area (Å²) in [5.74, 6) is -0.492. The maximum Gasteiger partial charge on any atom is 0.319 e. The first-order valence-corrected chi connectivity index (χ1v) is 10.2. The predicted molar refractivity (Wildman–Crippen MR) is 111 cm³/mol. The molecule has 150 valence electrons. The van der Waals surface area contributed by atoms with Crippen LogP contribution in [0.5, 0.6) is 0 Å². The summed E-state index contributed by atoms with van der Waals surface area (Å²) in [5.41, 5.74) is 2.11. The van der Waals surface area contributed by atoms with Gasteiger partial charge in [0.15, 0.2) is 0 Å². The van der Waals surface area contributed by atoms with Gasteiger partial charge in [-0.15, -0.1) is 0 Å². The van der Waals surface area contributed by atoms with Crippen LogP contribution < -0.4 is 10.6 Å². The lowest BCUT2D eigenvalue weighted by atomic mass is 9.94. The van der Waals surface area contributed by atoms with Crippen molar-refractivity contribution < 1.29 is 14.4 Å². The van der Waals surface area contributed by atoms with E-state index in [4.69, 9.17) is 11.6 Å². The van der Waals surface area contributed by atoms with Crippen LogP contribution in [0.3, 0.4) is 0 Å². The highest BCUT2D eigenvalue weighted by atomic mass is 35.5. The van der Waals surface area contributed by atoms with Gasteiger partial charge in [-0.3, -0.25) is 14.5 Å². The van der Waals surface area contributed by atoms with Crippen molar-refractivity contribution in [3.05, 3.63) is 64.2 Å². The van der Waals surface area contributed by atoms with Crippen molar-refractivity contribution in [2.75, 3.05) is 5.32 Å². The summed E-state index contributed by atoms with van der Waals surface area (Å²) in [6.45, 7) is 0.324. The quantitative estimate of drug-likeness (QED) is 0.722. The molecule has 0 unspecified atom stereocenters. The lowest BCUT2D eigenvalue weighted by Gasteiger charge is -2.29. The van der Waals surface area contributed by atoms with Crippen LogP contribution in [0.25, 0.3) is 0 Å². The largest absolute Gasteiger partial charge is 0.334 e. The molecule has 4 amide bonds. The molecule has 7 heteroatoms. The molecule has 29 heavy (non-hydrogen) atoms. The van der Waals surface area contributed by atoms with Crippen LogP contribution in [0, 0.1) is 0 Å². The summed E-state index contributed by atoms with van der Waals surface area (Å²) in [7, 11) is 0. The van der Waals surface area contributed by atoms with Gasteiger partial charge in [0.1, 0.15) is 0 Å². The second kappa shape index (κ2) is 8.25. The molecule has 1 aliphatic carbocycles. The number of nitrogens with one attached hydrogen (secondary N) is 2. The summed E-state index contributed by atoms with van der Waals surface area (Å²) >= 11 is 5.95. The fraction of sp³-hybridized carbons (Fsp3) is 0.318. The Kier molecular flexibility index (Phi) is 5.53. The van der Waals surface area contributed by atoms with E-state index in [-0.39, 0.29) is 17.9 Å². The molecule has 1 saturated carbocycles. The van der Waals surface area contributed by atoms with Crippen LogP contribution in [0.4, 0.5) is 10.5 Å².